The molecule has 0 fully saturated rings. The number of nitrogens with one attached hydrogen (secondary N) is 1. The fraction of sp³-hybridized carbons (Fsp3) is 0.333. The molecule has 0 saturated heterocycles. The van der Waals surface area contributed by atoms with Gasteiger partial charge in [-0.1, -0.05) is 48.9 Å². The van der Waals surface area contributed by atoms with E-state index in [1.807, 2.05) is 13.0 Å². The van der Waals surface area contributed by atoms with E-state index in [9.17, 15) is 4.39 Å². The van der Waals surface area contributed by atoms with E-state index in [1.165, 1.54) is 17.5 Å². The van der Waals surface area contributed by atoms with Crippen LogP contribution in [0.5, 0.6) is 0 Å². The van der Waals surface area contributed by atoms with Crippen LogP contribution in [-0.4, -0.2) is 6.54 Å². The van der Waals surface area contributed by atoms with Crippen molar-refractivity contribution in [1.29, 1.82) is 0 Å². The van der Waals surface area contributed by atoms with Crippen LogP contribution in [0.2, 0.25) is 5.02 Å². The average Bonchev–Trinajstić information content (AvgIpc) is 2.95. The molecule has 1 nitrogen and oxygen atoms in total. The van der Waals surface area contributed by atoms with Gasteiger partial charge >= 0.3 is 0 Å². The molecule has 21 heavy (non-hydrogen) atoms. The topological polar surface area (TPSA) is 12.0 Å². The summed E-state index contributed by atoms with van der Waals surface area (Å²) in [6.45, 7) is 2.80. The lowest BCUT2D eigenvalue weighted by molar-refractivity contribution is 0.559. The Bertz CT molecular complexity index is 654. The van der Waals surface area contributed by atoms with Crippen molar-refractivity contribution in [2.45, 2.75) is 32.2 Å². The largest absolute Gasteiger partial charge is 0.306 e. The first-order valence-corrected chi connectivity index (χ1v) is 7.87. The molecule has 0 bridgehead atoms. The van der Waals surface area contributed by atoms with Crippen molar-refractivity contribution < 1.29 is 4.39 Å². The molecule has 1 aliphatic rings. The summed E-state index contributed by atoms with van der Waals surface area (Å²) in [6.07, 6.45) is 3.50. The van der Waals surface area contributed by atoms with E-state index >= 15 is 0 Å². The van der Waals surface area contributed by atoms with Gasteiger partial charge in [0.25, 0.3) is 0 Å². The smallest absolute Gasteiger partial charge is 0.146 e. The summed E-state index contributed by atoms with van der Waals surface area (Å²) in [6, 6.07) is 11.6. The number of hydrogen-bond donors (Lipinski definition) is 1. The zero-order chi connectivity index (χ0) is 14.8. The number of benzene rings is 2. The molecule has 0 radical (unpaired) electrons. The molecule has 2 aromatic carbocycles. The van der Waals surface area contributed by atoms with Crippen molar-refractivity contribution in [2.75, 3.05) is 6.54 Å². The van der Waals surface area contributed by atoms with Crippen LogP contribution in [0.3, 0.4) is 0 Å². The van der Waals surface area contributed by atoms with Crippen LogP contribution in [0.1, 0.15) is 41.6 Å². The Balaban J connectivity index is 2.03. The molecular weight excluding hydrogens is 285 g/mol. The maximum absolute atomic E-state index is 14.4. The van der Waals surface area contributed by atoms with E-state index in [2.05, 4.69) is 23.5 Å². The molecule has 0 spiro atoms. The average molecular weight is 304 g/mol. The maximum Gasteiger partial charge on any atom is 0.146 e. The number of hydrogen-bond acceptors (Lipinski definition) is 1. The third-order valence-electron chi connectivity index (χ3n) is 4.16. The van der Waals surface area contributed by atoms with Crippen LogP contribution in [0.25, 0.3) is 0 Å². The monoisotopic (exact) mass is 303 g/mol. The summed E-state index contributed by atoms with van der Waals surface area (Å²) in [5, 5.41) is 3.55. The molecule has 3 heteroatoms. The second-order valence-electron chi connectivity index (χ2n) is 5.52. The van der Waals surface area contributed by atoms with Gasteiger partial charge in [0.1, 0.15) is 5.82 Å². The van der Waals surface area contributed by atoms with E-state index in [4.69, 9.17) is 11.6 Å². The van der Waals surface area contributed by atoms with Crippen LogP contribution < -0.4 is 5.32 Å². The van der Waals surface area contributed by atoms with Gasteiger partial charge in [-0.25, -0.2) is 4.39 Å². The normalized spacial score (nSPS) is 15.0. The molecule has 1 N–H and O–H groups in total. The Hall–Kier alpha value is -1.38. The lowest BCUT2D eigenvalue weighted by Gasteiger charge is -2.21. The molecule has 1 aliphatic carbocycles. The number of rotatable bonds is 4. The van der Waals surface area contributed by atoms with E-state index < -0.39 is 0 Å². The molecular formula is C18H19ClFN. The van der Waals surface area contributed by atoms with Crippen molar-refractivity contribution in [3.63, 3.8) is 0 Å². The molecule has 1 unspecified atom stereocenters. The zero-order valence-corrected chi connectivity index (χ0v) is 12.9. The highest BCUT2D eigenvalue weighted by molar-refractivity contribution is 6.30. The molecule has 1 atom stereocenters. The van der Waals surface area contributed by atoms with E-state index in [0.29, 0.717) is 5.56 Å². The van der Waals surface area contributed by atoms with Gasteiger partial charge in [0.2, 0.25) is 0 Å². The molecule has 110 valence electrons. The molecule has 2 aromatic rings. The van der Waals surface area contributed by atoms with Gasteiger partial charge in [-0.3, -0.25) is 0 Å². The zero-order valence-electron chi connectivity index (χ0n) is 12.1. The molecule has 3 rings (SSSR count). The molecule has 0 saturated carbocycles. The number of aryl methyl sites for hydroxylation is 2. The number of halogens is 2. The van der Waals surface area contributed by atoms with Crippen LogP contribution >= 0.6 is 11.6 Å². The highest BCUT2D eigenvalue weighted by atomic mass is 35.5. The highest BCUT2D eigenvalue weighted by Gasteiger charge is 2.20. The van der Waals surface area contributed by atoms with Crippen LogP contribution in [-0.2, 0) is 12.8 Å². The lowest BCUT2D eigenvalue weighted by atomic mass is 9.95. The minimum atomic E-state index is -0.328. The van der Waals surface area contributed by atoms with Gasteiger partial charge in [-0.15, -0.1) is 0 Å². The summed E-state index contributed by atoms with van der Waals surface area (Å²) in [5.74, 6) is -0.328. The molecule has 0 aliphatic heterocycles. The predicted molar refractivity (Wildman–Crippen MR) is 85.4 cm³/mol. The van der Waals surface area contributed by atoms with Gasteiger partial charge in [0, 0.05) is 5.56 Å². The SMILES string of the molecule is CCNC(c1ccc2c(c1)CCC2)c1cccc(Cl)c1F. The van der Waals surface area contributed by atoms with Crippen LogP contribution in [0.15, 0.2) is 36.4 Å². The first-order chi connectivity index (χ1) is 10.2. The fourth-order valence-corrected chi connectivity index (χ4v) is 3.31. The van der Waals surface area contributed by atoms with E-state index in [1.54, 1.807) is 12.1 Å². The van der Waals surface area contributed by atoms with Crippen molar-refractivity contribution in [3.8, 4) is 0 Å². The van der Waals surface area contributed by atoms with Crippen LogP contribution in [0, 0.1) is 5.82 Å². The third kappa shape index (κ3) is 2.83. The van der Waals surface area contributed by atoms with Crippen molar-refractivity contribution in [3.05, 3.63) is 69.5 Å². The Labute approximate surface area is 130 Å². The highest BCUT2D eigenvalue weighted by Crippen LogP contribution is 2.31. The maximum atomic E-state index is 14.4. The van der Waals surface area contributed by atoms with Gasteiger partial charge in [0.15, 0.2) is 0 Å². The Morgan fingerprint density at radius 2 is 2.00 bits per heavy atom. The van der Waals surface area contributed by atoms with Crippen molar-refractivity contribution in [2.24, 2.45) is 0 Å². The minimum absolute atomic E-state index is 0.153. The summed E-state index contributed by atoms with van der Waals surface area (Å²) in [7, 11) is 0. The first-order valence-electron chi connectivity index (χ1n) is 7.49. The summed E-state index contributed by atoms with van der Waals surface area (Å²) in [5.41, 5.74) is 4.55. The quantitative estimate of drug-likeness (QED) is 0.865. The minimum Gasteiger partial charge on any atom is -0.306 e. The second-order valence-corrected chi connectivity index (χ2v) is 5.92. The predicted octanol–water partition coefficient (Wildman–Crippen LogP) is 4.67. The Kier molecular flexibility index (Phi) is 4.27. The molecule has 0 amide bonds. The third-order valence-corrected chi connectivity index (χ3v) is 4.45. The Morgan fingerprint density at radius 1 is 1.19 bits per heavy atom. The van der Waals surface area contributed by atoms with Crippen LogP contribution in [0.4, 0.5) is 4.39 Å². The first kappa shape index (κ1) is 14.6. The summed E-state index contributed by atoms with van der Waals surface area (Å²) >= 11 is 5.94. The number of fused-ring (bicyclic) bond motifs is 1. The van der Waals surface area contributed by atoms with Crippen molar-refractivity contribution in [1.82, 2.24) is 5.32 Å². The van der Waals surface area contributed by atoms with Crippen molar-refractivity contribution >= 4 is 11.6 Å². The van der Waals surface area contributed by atoms with E-state index in [-0.39, 0.29) is 16.9 Å². The molecule has 0 heterocycles. The van der Waals surface area contributed by atoms with Gasteiger partial charge in [-0.2, -0.15) is 0 Å². The molecule has 0 aromatic heterocycles. The Morgan fingerprint density at radius 3 is 2.81 bits per heavy atom. The second kappa shape index (κ2) is 6.17. The van der Waals surface area contributed by atoms with E-state index in [0.717, 1.165) is 24.9 Å². The van der Waals surface area contributed by atoms with Gasteiger partial charge in [-0.05, 0) is 48.6 Å². The summed E-state index contributed by atoms with van der Waals surface area (Å²) in [4.78, 5) is 0. The standard InChI is InChI=1S/C18H19ClFN/c1-2-21-18(15-7-4-8-16(19)17(15)20)14-10-9-12-5-3-6-13(12)11-14/h4,7-11,18,21H,2-3,5-6H2,1H3. The van der Waals surface area contributed by atoms with Gasteiger partial charge < -0.3 is 5.32 Å². The lowest BCUT2D eigenvalue weighted by Crippen LogP contribution is -2.23. The summed E-state index contributed by atoms with van der Waals surface area (Å²) < 4.78 is 14.4. The van der Waals surface area contributed by atoms with Gasteiger partial charge in [0.05, 0.1) is 11.1 Å². The fourth-order valence-electron chi connectivity index (χ4n) is 3.13.